The molecule has 16 heavy (non-hydrogen) atoms. The van der Waals surface area contributed by atoms with Crippen LogP contribution in [0.25, 0.3) is 0 Å². The maximum atomic E-state index is 13.3. The van der Waals surface area contributed by atoms with Gasteiger partial charge in [-0.1, -0.05) is 18.2 Å². The third kappa shape index (κ3) is 2.13. The Morgan fingerprint density at radius 3 is 2.81 bits per heavy atom. The standard InChI is InChI=1S/C11H12FN3O/c1-15-6-10(13)11(14-15)16-7-8-4-2-3-5-9(8)12/h2-6H,7,13H2,1H3. The number of hydrogen-bond acceptors (Lipinski definition) is 3. The van der Waals surface area contributed by atoms with E-state index in [1.54, 1.807) is 36.1 Å². The minimum atomic E-state index is -0.294. The van der Waals surface area contributed by atoms with Crippen molar-refractivity contribution in [1.29, 1.82) is 0 Å². The number of ether oxygens (including phenoxy) is 1. The Morgan fingerprint density at radius 1 is 1.44 bits per heavy atom. The first-order valence-corrected chi connectivity index (χ1v) is 4.82. The molecule has 2 aromatic rings. The van der Waals surface area contributed by atoms with E-state index >= 15 is 0 Å². The number of halogens is 1. The number of nitrogens with zero attached hydrogens (tertiary/aromatic N) is 2. The van der Waals surface area contributed by atoms with Crippen molar-refractivity contribution in [2.24, 2.45) is 7.05 Å². The van der Waals surface area contributed by atoms with Crippen molar-refractivity contribution in [2.45, 2.75) is 6.61 Å². The minimum absolute atomic E-state index is 0.119. The van der Waals surface area contributed by atoms with Gasteiger partial charge in [0.2, 0.25) is 0 Å². The Balaban J connectivity index is 2.08. The van der Waals surface area contributed by atoms with Crippen LogP contribution in [0.15, 0.2) is 30.5 Å². The van der Waals surface area contributed by atoms with Crippen LogP contribution < -0.4 is 10.5 Å². The van der Waals surface area contributed by atoms with Gasteiger partial charge in [0.1, 0.15) is 18.1 Å². The van der Waals surface area contributed by atoms with Gasteiger partial charge in [-0.15, -0.1) is 5.10 Å². The van der Waals surface area contributed by atoms with Crippen LogP contribution in [0.5, 0.6) is 5.88 Å². The fourth-order valence-corrected chi connectivity index (χ4v) is 1.36. The molecule has 0 spiro atoms. The molecule has 1 heterocycles. The average Bonchev–Trinajstić information content (AvgIpc) is 2.56. The Bertz CT molecular complexity index is 496. The molecule has 0 aliphatic rings. The van der Waals surface area contributed by atoms with E-state index in [2.05, 4.69) is 5.10 Å². The number of hydrogen-bond donors (Lipinski definition) is 1. The lowest BCUT2D eigenvalue weighted by Crippen LogP contribution is -2.00. The topological polar surface area (TPSA) is 53.1 Å². The third-order valence-electron chi connectivity index (χ3n) is 2.14. The molecule has 0 aliphatic heterocycles. The van der Waals surface area contributed by atoms with Crippen LogP contribution in [-0.2, 0) is 13.7 Å². The zero-order valence-corrected chi connectivity index (χ0v) is 8.85. The summed E-state index contributed by atoms with van der Waals surface area (Å²) in [6.45, 7) is 0.119. The highest BCUT2D eigenvalue weighted by atomic mass is 19.1. The van der Waals surface area contributed by atoms with E-state index in [1.165, 1.54) is 6.07 Å². The van der Waals surface area contributed by atoms with Gasteiger partial charge in [0, 0.05) is 12.6 Å². The maximum absolute atomic E-state index is 13.3. The molecule has 0 radical (unpaired) electrons. The summed E-state index contributed by atoms with van der Waals surface area (Å²) >= 11 is 0. The second-order valence-corrected chi connectivity index (χ2v) is 3.44. The van der Waals surface area contributed by atoms with Crippen molar-refractivity contribution in [1.82, 2.24) is 9.78 Å². The number of rotatable bonds is 3. The van der Waals surface area contributed by atoms with E-state index < -0.39 is 0 Å². The van der Waals surface area contributed by atoms with Gasteiger partial charge < -0.3 is 10.5 Å². The summed E-state index contributed by atoms with van der Waals surface area (Å²) in [6.07, 6.45) is 1.64. The fourth-order valence-electron chi connectivity index (χ4n) is 1.36. The van der Waals surface area contributed by atoms with E-state index in [-0.39, 0.29) is 12.4 Å². The van der Waals surface area contributed by atoms with E-state index in [9.17, 15) is 4.39 Å². The number of benzene rings is 1. The van der Waals surface area contributed by atoms with Gasteiger partial charge in [-0.05, 0) is 6.07 Å². The summed E-state index contributed by atoms with van der Waals surface area (Å²) in [4.78, 5) is 0. The monoisotopic (exact) mass is 221 g/mol. The van der Waals surface area contributed by atoms with Crippen molar-refractivity contribution >= 4 is 5.69 Å². The van der Waals surface area contributed by atoms with E-state index in [4.69, 9.17) is 10.5 Å². The largest absolute Gasteiger partial charge is 0.470 e. The number of aryl methyl sites for hydroxylation is 1. The number of aromatic nitrogens is 2. The molecule has 2 N–H and O–H groups in total. The van der Waals surface area contributed by atoms with Gasteiger partial charge in [-0.25, -0.2) is 4.39 Å². The van der Waals surface area contributed by atoms with Crippen LogP contribution in [0, 0.1) is 5.82 Å². The van der Waals surface area contributed by atoms with Gasteiger partial charge in [0.25, 0.3) is 5.88 Å². The molecule has 4 nitrogen and oxygen atoms in total. The highest BCUT2D eigenvalue weighted by molar-refractivity contribution is 5.45. The molecule has 0 atom stereocenters. The summed E-state index contributed by atoms with van der Waals surface area (Å²) in [5.74, 6) is 0.0303. The molecular formula is C11H12FN3O. The smallest absolute Gasteiger partial charge is 0.256 e. The molecular weight excluding hydrogens is 209 g/mol. The lowest BCUT2D eigenvalue weighted by atomic mass is 10.2. The van der Waals surface area contributed by atoms with Gasteiger partial charge in [0.15, 0.2) is 0 Å². The van der Waals surface area contributed by atoms with Crippen molar-refractivity contribution in [3.8, 4) is 5.88 Å². The van der Waals surface area contributed by atoms with Gasteiger partial charge in [-0.2, -0.15) is 0 Å². The molecule has 1 aromatic carbocycles. The Morgan fingerprint density at radius 2 is 2.19 bits per heavy atom. The van der Waals surface area contributed by atoms with Crippen molar-refractivity contribution in [2.75, 3.05) is 5.73 Å². The number of anilines is 1. The zero-order chi connectivity index (χ0) is 11.5. The number of nitrogen functional groups attached to an aromatic ring is 1. The Hall–Kier alpha value is -2.04. The van der Waals surface area contributed by atoms with Crippen molar-refractivity contribution in [3.05, 3.63) is 41.8 Å². The van der Waals surface area contributed by atoms with Gasteiger partial charge in [0.05, 0.1) is 6.20 Å². The van der Waals surface area contributed by atoms with Crippen LogP contribution >= 0.6 is 0 Å². The zero-order valence-electron chi connectivity index (χ0n) is 8.85. The maximum Gasteiger partial charge on any atom is 0.256 e. The van der Waals surface area contributed by atoms with Crippen molar-refractivity contribution < 1.29 is 9.13 Å². The normalized spacial score (nSPS) is 10.4. The van der Waals surface area contributed by atoms with Gasteiger partial charge in [-0.3, -0.25) is 4.68 Å². The predicted molar refractivity (Wildman–Crippen MR) is 58.4 cm³/mol. The lowest BCUT2D eigenvalue weighted by Gasteiger charge is -2.04. The molecule has 0 amide bonds. The minimum Gasteiger partial charge on any atom is -0.470 e. The highest BCUT2D eigenvalue weighted by Crippen LogP contribution is 2.19. The van der Waals surface area contributed by atoms with E-state index in [0.717, 1.165) is 0 Å². The fraction of sp³-hybridized carbons (Fsp3) is 0.182. The van der Waals surface area contributed by atoms with Crippen LogP contribution in [0.2, 0.25) is 0 Å². The van der Waals surface area contributed by atoms with Crippen LogP contribution in [0.4, 0.5) is 10.1 Å². The summed E-state index contributed by atoms with van der Waals surface area (Å²) < 4.78 is 20.1. The molecule has 0 saturated carbocycles. The molecule has 2 rings (SSSR count). The molecule has 1 aromatic heterocycles. The first kappa shape index (κ1) is 10.5. The Labute approximate surface area is 92.4 Å². The van der Waals surface area contributed by atoms with Crippen molar-refractivity contribution in [3.63, 3.8) is 0 Å². The first-order chi connectivity index (χ1) is 7.66. The predicted octanol–water partition coefficient (Wildman–Crippen LogP) is 1.72. The number of nitrogens with two attached hydrogens (primary N) is 1. The second-order valence-electron chi connectivity index (χ2n) is 3.44. The molecule has 0 bridgehead atoms. The first-order valence-electron chi connectivity index (χ1n) is 4.82. The Kier molecular flexibility index (Phi) is 2.76. The SMILES string of the molecule is Cn1cc(N)c(OCc2ccccc2F)n1. The quantitative estimate of drug-likeness (QED) is 0.858. The van der Waals surface area contributed by atoms with Crippen LogP contribution in [-0.4, -0.2) is 9.78 Å². The van der Waals surface area contributed by atoms with Gasteiger partial charge >= 0.3 is 0 Å². The van der Waals surface area contributed by atoms with E-state index in [1.807, 2.05) is 0 Å². The summed E-state index contributed by atoms with van der Waals surface area (Å²) in [7, 11) is 1.74. The van der Waals surface area contributed by atoms with Crippen LogP contribution in [0.3, 0.4) is 0 Å². The highest BCUT2D eigenvalue weighted by Gasteiger charge is 2.07. The molecule has 0 aliphatic carbocycles. The summed E-state index contributed by atoms with van der Waals surface area (Å²) in [6, 6.07) is 6.44. The molecule has 0 fully saturated rings. The summed E-state index contributed by atoms with van der Waals surface area (Å²) in [5.41, 5.74) is 6.56. The molecule has 5 heteroatoms. The lowest BCUT2D eigenvalue weighted by molar-refractivity contribution is 0.286. The second kappa shape index (κ2) is 4.22. The summed E-state index contributed by atoms with van der Waals surface area (Å²) in [5, 5.41) is 4.00. The molecule has 0 saturated heterocycles. The average molecular weight is 221 g/mol. The molecule has 0 unspecified atom stereocenters. The van der Waals surface area contributed by atoms with Crippen LogP contribution in [0.1, 0.15) is 5.56 Å². The third-order valence-corrected chi connectivity index (χ3v) is 2.14. The van der Waals surface area contributed by atoms with E-state index in [0.29, 0.717) is 17.1 Å². The molecule has 84 valence electrons.